The fourth-order valence-corrected chi connectivity index (χ4v) is 1.65. The van der Waals surface area contributed by atoms with Crippen LogP contribution in [0.25, 0.3) is 10.9 Å². The van der Waals surface area contributed by atoms with Crippen molar-refractivity contribution in [2.45, 2.75) is 6.42 Å². The second kappa shape index (κ2) is 3.27. The van der Waals surface area contributed by atoms with Crippen LogP contribution in [-0.2, 0) is 6.42 Å². The maximum Gasteiger partial charge on any atom is 0.0457 e. The van der Waals surface area contributed by atoms with Gasteiger partial charge in [-0.3, -0.25) is 0 Å². The monoisotopic (exact) mass is 191 g/mol. The van der Waals surface area contributed by atoms with E-state index in [4.69, 9.17) is 11.6 Å². The Morgan fingerprint density at radius 1 is 1.46 bits per heavy atom. The number of rotatable bonds is 2. The first-order chi connectivity index (χ1) is 6.31. The van der Waals surface area contributed by atoms with Gasteiger partial charge in [-0.15, -0.1) is 6.58 Å². The lowest BCUT2D eigenvalue weighted by atomic mass is 10.1. The van der Waals surface area contributed by atoms with Crippen LogP contribution in [0.4, 0.5) is 0 Å². The van der Waals surface area contributed by atoms with Gasteiger partial charge in [0.15, 0.2) is 0 Å². The lowest BCUT2D eigenvalue weighted by molar-refractivity contribution is 1.29. The van der Waals surface area contributed by atoms with E-state index in [2.05, 4.69) is 11.6 Å². The molecule has 2 rings (SSSR count). The van der Waals surface area contributed by atoms with Crippen molar-refractivity contribution < 1.29 is 0 Å². The van der Waals surface area contributed by atoms with Gasteiger partial charge in [-0.1, -0.05) is 17.7 Å². The molecule has 1 N–H and O–H groups in total. The third kappa shape index (κ3) is 1.47. The van der Waals surface area contributed by atoms with Crippen molar-refractivity contribution in [1.82, 2.24) is 4.98 Å². The minimum Gasteiger partial charge on any atom is -0.361 e. The van der Waals surface area contributed by atoms with E-state index in [9.17, 15) is 0 Å². The predicted octanol–water partition coefficient (Wildman–Crippen LogP) is 3.55. The van der Waals surface area contributed by atoms with E-state index in [0.717, 1.165) is 17.0 Å². The number of aromatic nitrogens is 1. The minimum absolute atomic E-state index is 0.775. The Hall–Kier alpha value is -1.21. The Morgan fingerprint density at radius 2 is 2.31 bits per heavy atom. The normalized spacial score (nSPS) is 10.5. The fraction of sp³-hybridized carbons (Fsp3) is 0.0909. The molecule has 0 atom stereocenters. The number of fused-ring (bicyclic) bond motifs is 1. The quantitative estimate of drug-likeness (QED) is 0.699. The molecule has 0 bridgehead atoms. The first kappa shape index (κ1) is 8.39. The van der Waals surface area contributed by atoms with Crippen molar-refractivity contribution in [3.8, 4) is 0 Å². The summed E-state index contributed by atoms with van der Waals surface area (Å²) in [5.41, 5.74) is 2.37. The lowest BCUT2D eigenvalue weighted by Gasteiger charge is -1.94. The van der Waals surface area contributed by atoms with Crippen molar-refractivity contribution >= 4 is 22.5 Å². The standard InChI is InChI=1S/C11H10ClN/c1-2-3-8-7-13-11-5-4-9(12)6-10(8)11/h2,4-7,13H,1,3H2. The average Bonchev–Trinajstić information content (AvgIpc) is 2.49. The third-order valence-corrected chi connectivity index (χ3v) is 2.33. The molecule has 0 amide bonds. The molecule has 0 spiro atoms. The van der Waals surface area contributed by atoms with Gasteiger partial charge in [0.2, 0.25) is 0 Å². The fourth-order valence-electron chi connectivity index (χ4n) is 1.48. The molecule has 0 unspecified atom stereocenters. The van der Waals surface area contributed by atoms with E-state index >= 15 is 0 Å². The molecule has 66 valence electrons. The number of H-pyrrole nitrogens is 1. The van der Waals surface area contributed by atoms with E-state index in [1.54, 1.807) is 0 Å². The Morgan fingerprint density at radius 3 is 3.08 bits per heavy atom. The zero-order chi connectivity index (χ0) is 9.26. The van der Waals surface area contributed by atoms with Gasteiger partial charge in [0, 0.05) is 22.1 Å². The summed E-state index contributed by atoms with van der Waals surface area (Å²) in [5, 5.41) is 1.96. The lowest BCUT2D eigenvalue weighted by Crippen LogP contribution is -1.76. The first-order valence-electron chi connectivity index (χ1n) is 4.17. The Balaban J connectivity index is 2.64. The number of hydrogen-bond acceptors (Lipinski definition) is 0. The van der Waals surface area contributed by atoms with Crippen LogP contribution in [-0.4, -0.2) is 4.98 Å². The van der Waals surface area contributed by atoms with Gasteiger partial charge in [0.1, 0.15) is 0 Å². The summed E-state index contributed by atoms with van der Waals surface area (Å²) in [6, 6.07) is 5.86. The SMILES string of the molecule is C=CCc1c[nH]c2ccc(Cl)cc12. The van der Waals surface area contributed by atoms with Crippen LogP contribution in [0.2, 0.25) is 5.02 Å². The van der Waals surface area contributed by atoms with Crippen molar-refractivity contribution in [2.75, 3.05) is 0 Å². The van der Waals surface area contributed by atoms with E-state index in [-0.39, 0.29) is 0 Å². The maximum atomic E-state index is 5.91. The highest BCUT2D eigenvalue weighted by molar-refractivity contribution is 6.31. The number of aromatic amines is 1. The summed E-state index contributed by atoms with van der Waals surface area (Å²) in [5.74, 6) is 0. The number of halogens is 1. The topological polar surface area (TPSA) is 15.8 Å². The van der Waals surface area contributed by atoms with E-state index in [0.29, 0.717) is 0 Å². The highest BCUT2D eigenvalue weighted by atomic mass is 35.5. The van der Waals surface area contributed by atoms with Crippen LogP contribution < -0.4 is 0 Å². The van der Waals surface area contributed by atoms with Gasteiger partial charge in [0.05, 0.1) is 0 Å². The van der Waals surface area contributed by atoms with Crippen LogP contribution in [0.3, 0.4) is 0 Å². The van der Waals surface area contributed by atoms with Crippen LogP contribution in [0, 0.1) is 0 Å². The molecule has 0 saturated carbocycles. The van der Waals surface area contributed by atoms with Crippen molar-refractivity contribution in [2.24, 2.45) is 0 Å². The molecule has 1 heterocycles. The summed E-state index contributed by atoms with van der Waals surface area (Å²) in [6.45, 7) is 3.72. The largest absolute Gasteiger partial charge is 0.361 e. The Kier molecular flexibility index (Phi) is 2.11. The zero-order valence-corrected chi connectivity index (χ0v) is 7.93. The highest BCUT2D eigenvalue weighted by Crippen LogP contribution is 2.22. The van der Waals surface area contributed by atoms with Crippen LogP contribution in [0.15, 0.2) is 37.1 Å². The summed E-state index contributed by atoms with van der Waals surface area (Å²) in [4.78, 5) is 3.19. The molecule has 0 saturated heterocycles. The molecule has 0 fully saturated rings. The van der Waals surface area contributed by atoms with E-state index < -0.39 is 0 Å². The molecule has 1 nitrogen and oxygen atoms in total. The van der Waals surface area contributed by atoms with E-state index in [1.807, 2.05) is 30.5 Å². The molecule has 2 heteroatoms. The van der Waals surface area contributed by atoms with Crippen LogP contribution in [0.1, 0.15) is 5.56 Å². The predicted molar refractivity (Wildman–Crippen MR) is 57.2 cm³/mol. The molecule has 0 aliphatic carbocycles. The molecule has 0 aliphatic rings. The second-order valence-corrected chi connectivity index (χ2v) is 3.43. The summed E-state index contributed by atoms with van der Waals surface area (Å²) in [7, 11) is 0. The summed E-state index contributed by atoms with van der Waals surface area (Å²) in [6.07, 6.45) is 4.77. The summed E-state index contributed by atoms with van der Waals surface area (Å²) < 4.78 is 0. The van der Waals surface area contributed by atoms with Gasteiger partial charge in [-0.25, -0.2) is 0 Å². The first-order valence-corrected chi connectivity index (χ1v) is 4.55. The van der Waals surface area contributed by atoms with E-state index in [1.165, 1.54) is 10.9 Å². The molecule has 1 aromatic heterocycles. The van der Waals surface area contributed by atoms with Gasteiger partial charge in [-0.2, -0.15) is 0 Å². The number of benzene rings is 1. The molecule has 2 aromatic rings. The minimum atomic E-state index is 0.775. The number of nitrogens with one attached hydrogen (secondary N) is 1. The molecular formula is C11H10ClN. The second-order valence-electron chi connectivity index (χ2n) is 3.00. The molecule has 13 heavy (non-hydrogen) atoms. The van der Waals surface area contributed by atoms with Crippen molar-refractivity contribution in [3.05, 3.63) is 47.6 Å². The molecule has 0 aliphatic heterocycles. The Labute approximate surface area is 82.0 Å². The molecule has 1 aromatic carbocycles. The van der Waals surface area contributed by atoms with Crippen LogP contribution >= 0.6 is 11.6 Å². The Bertz CT molecular complexity index is 442. The van der Waals surface area contributed by atoms with Crippen molar-refractivity contribution in [3.63, 3.8) is 0 Å². The zero-order valence-electron chi connectivity index (χ0n) is 7.18. The van der Waals surface area contributed by atoms with Crippen LogP contribution in [0.5, 0.6) is 0 Å². The maximum absolute atomic E-state index is 5.91. The smallest absolute Gasteiger partial charge is 0.0457 e. The highest BCUT2D eigenvalue weighted by Gasteiger charge is 2.01. The molecular weight excluding hydrogens is 182 g/mol. The third-order valence-electron chi connectivity index (χ3n) is 2.09. The number of allylic oxidation sites excluding steroid dienone is 1. The molecule has 0 radical (unpaired) electrons. The van der Waals surface area contributed by atoms with Gasteiger partial charge in [-0.05, 0) is 30.2 Å². The summed E-state index contributed by atoms with van der Waals surface area (Å²) >= 11 is 5.91. The van der Waals surface area contributed by atoms with Gasteiger partial charge < -0.3 is 4.98 Å². The number of hydrogen-bond donors (Lipinski definition) is 1. The van der Waals surface area contributed by atoms with Gasteiger partial charge >= 0.3 is 0 Å². The van der Waals surface area contributed by atoms with Crippen molar-refractivity contribution in [1.29, 1.82) is 0 Å². The average molecular weight is 192 g/mol. The van der Waals surface area contributed by atoms with Gasteiger partial charge in [0.25, 0.3) is 0 Å².